The summed E-state index contributed by atoms with van der Waals surface area (Å²) in [5.41, 5.74) is 2.96. The zero-order chi connectivity index (χ0) is 21.5. The van der Waals surface area contributed by atoms with Gasteiger partial charge in [-0.15, -0.1) is 0 Å². The lowest BCUT2D eigenvalue weighted by molar-refractivity contribution is 0.0949. The van der Waals surface area contributed by atoms with Gasteiger partial charge in [0.2, 0.25) is 0 Å². The van der Waals surface area contributed by atoms with Gasteiger partial charge in [-0.2, -0.15) is 0 Å². The third-order valence-electron chi connectivity index (χ3n) is 5.46. The molecule has 5 nitrogen and oxygen atoms in total. The minimum Gasteiger partial charge on any atom is -0.354 e. The molecule has 30 heavy (non-hydrogen) atoms. The summed E-state index contributed by atoms with van der Waals surface area (Å²) in [5, 5.41) is 3.79. The molecule has 1 N–H and O–H groups in total. The second kappa shape index (κ2) is 10.8. The van der Waals surface area contributed by atoms with Gasteiger partial charge in [0.25, 0.3) is 5.91 Å². The highest BCUT2D eigenvalue weighted by Gasteiger charge is 2.21. The van der Waals surface area contributed by atoms with Gasteiger partial charge >= 0.3 is 0 Å². The smallest absolute Gasteiger partial charge is 0.251 e. The number of rotatable bonds is 8. The molecule has 2 aromatic rings. The summed E-state index contributed by atoms with van der Waals surface area (Å²) < 4.78 is 0. The second-order valence-electron chi connectivity index (χ2n) is 8.48. The van der Waals surface area contributed by atoms with Gasteiger partial charge in [0.05, 0.1) is 0 Å². The highest BCUT2D eigenvalue weighted by Crippen LogP contribution is 2.27. The summed E-state index contributed by atoms with van der Waals surface area (Å²) >= 11 is 1.66. The molecule has 3 rings (SSSR count). The topological polar surface area (TPSA) is 58.1 Å². The Kier molecular flexibility index (Phi) is 8.14. The van der Waals surface area contributed by atoms with E-state index in [4.69, 9.17) is 9.97 Å². The number of nitrogens with one attached hydrogen (secondary N) is 1. The summed E-state index contributed by atoms with van der Waals surface area (Å²) in [6, 6.07) is 10.5. The molecule has 0 saturated carbocycles. The van der Waals surface area contributed by atoms with Crippen molar-refractivity contribution in [2.45, 2.75) is 70.3 Å². The van der Waals surface area contributed by atoms with Crippen molar-refractivity contribution in [3.05, 3.63) is 47.2 Å². The first-order valence-electron chi connectivity index (χ1n) is 11.1. The van der Waals surface area contributed by atoms with E-state index in [1.807, 2.05) is 24.3 Å². The third-order valence-corrected chi connectivity index (χ3v) is 6.38. The van der Waals surface area contributed by atoms with Crippen LogP contribution in [0.1, 0.15) is 68.6 Å². The van der Waals surface area contributed by atoms with E-state index in [0.717, 1.165) is 35.4 Å². The number of piperidine rings is 1. The number of aromatic nitrogens is 2. The van der Waals surface area contributed by atoms with Crippen molar-refractivity contribution in [3.63, 3.8) is 0 Å². The number of carbonyl (C=O) groups is 1. The maximum Gasteiger partial charge on any atom is 0.251 e. The molecular formula is C24H34N4OS. The minimum atomic E-state index is -0.0119. The molecule has 1 aliphatic heterocycles. The predicted molar refractivity (Wildman–Crippen MR) is 125 cm³/mol. The van der Waals surface area contributed by atoms with Crippen molar-refractivity contribution in [1.82, 2.24) is 15.3 Å². The Bertz CT molecular complexity index is 838. The van der Waals surface area contributed by atoms with Gasteiger partial charge in [-0.25, -0.2) is 9.97 Å². The van der Waals surface area contributed by atoms with Crippen LogP contribution < -0.4 is 10.2 Å². The van der Waals surface area contributed by atoms with Crippen molar-refractivity contribution in [3.8, 4) is 0 Å². The van der Waals surface area contributed by atoms with Crippen molar-refractivity contribution >= 4 is 23.5 Å². The highest BCUT2D eigenvalue weighted by molar-refractivity contribution is 7.98. The summed E-state index contributed by atoms with van der Waals surface area (Å²) in [6.07, 6.45) is 4.67. The van der Waals surface area contributed by atoms with E-state index in [1.165, 1.54) is 24.8 Å². The van der Waals surface area contributed by atoms with E-state index >= 15 is 0 Å². The zero-order valence-corrected chi connectivity index (χ0v) is 19.5. The Morgan fingerprint density at radius 3 is 2.67 bits per heavy atom. The Morgan fingerprint density at radius 1 is 1.23 bits per heavy atom. The maximum atomic E-state index is 12.2. The zero-order valence-electron chi connectivity index (χ0n) is 18.6. The summed E-state index contributed by atoms with van der Waals surface area (Å²) in [7, 11) is 0. The lowest BCUT2D eigenvalue weighted by atomic mass is 10.0. The molecule has 1 atom stereocenters. The first kappa shape index (κ1) is 22.6. The number of thioether (sulfide) groups is 1. The molecule has 162 valence electrons. The number of hydrogen-bond acceptors (Lipinski definition) is 5. The Hall–Kier alpha value is -2.08. The lowest BCUT2D eigenvalue weighted by Gasteiger charge is -2.34. The van der Waals surface area contributed by atoms with Crippen LogP contribution >= 0.6 is 11.8 Å². The Morgan fingerprint density at radius 2 is 2.00 bits per heavy atom. The molecule has 0 bridgehead atoms. The van der Waals surface area contributed by atoms with E-state index in [-0.39, 0.29) is 5.91 Å². The van der Waals surface area contributed by atoms with Gasteiger partial charge in [-0.3, -0.25) is 4.79 Å². The monoisotopic (exact) mass is 426 g/mol. The molecule has 1 unspecified atom stereocenters. The van der Waals surface area contributed by atoms with Crippen LogP contribution in [0.25, 0.3) is 0 Å². The molecule has 1 amide bonds. The number of anilines is 1. The van der Waals surface area contributed by atoms with Gasteiger partial charge in [-0.05, 0) is 56.2 Å². The number of aryl methyl sites for hydroxylation is 1. The van der Waals surface area contributed by atoms with Crippen LogP contribution in [-0.4, -0.2) is 35.0 Å². The molecule has 0 aliphatic carbocycles. The highest BCUT2D eigenvalue weighted by atomic mass is 32.2. The van der Waals surface area contributed by atoms with Crippen LogP contribution in [-0.2, 0) is 12.2 Å². The fraction of sp³-hybridized carbons (Fsp3) is 0.542. The van der Waals surface area contributed by atoms with Crippen LogP contribution in [0.3, 0.4) is 0 Å². The first-order valence-corrected chi connectivity index (χ1v) is 12.1. The molecule has 1 fully saturated rings. The van der Waals surface area contributed by atoms with E-state index in [9.17, 15) is 4.79 Å². The molecule has 1 aromatic carbocycles. The number of amides is 1. The van der Waals surface area contributed by atoms with E-state index < -0.39 is 0 Å². The molecule has 1 aliphatic rings. The first-order chi connectivity index (χ1) is 14.5. The molecule has 1 saturated heterocycles. The average Bonchev–Trinajstić information content (AvgIpc) is 2.76. The lowest BCUT2D eigenvalue weighted by Crippen LogP contribution is -2.38. The molecule has 6 heteroatoms. The van der Waals surface area contributed by atoms with E-state index in [0.29, 0.717) is 24.1 Å². The fourth-order valence-electron chi connectivity index (χ4n) is 3.59. The van der Waals surface area contributed by atoms with Crippen molar-refractivity contribution < 1.29 is 4.79 Å². The van der Waals surface area contributed by atoms with Gasteiger partial charge in [-0.1, -0.05) is 44.7 Å². The summed E-state index contributed by atoms with van der Waals surface area (Å²) in [5.74, 6) is 2.29. The van der Waals surface area contributed by atoms with Crippen LogP contribution in [0, 0.1) is 5.92 Å². The standard InChI is InChI=1S/C24H34N4OS/c1-5-21-14-22(28-13-7-6-8-18(28)4)27-24(26-21)30-16-19-9-11-20(12-10-19)23(29)25-15-17(2)3/h9-12,14,17-18H,5-8,13,15-16H2,1-4H3,(H,25,29). The number of hydrogen-bond donors (Lipinski definition) is 1. The van der Waals surface area contributed by atoms with Crippen LogP contribution in [0.4, 0.5) is 5.82 Å². The van der Waals surface area contributed by atoms with Crippen LogP contribution in [0.2, 0.25) is 0 Å². The Balaban J connectivity index is 1.65. The normalized spacial score (nSPS) is 16.7. The third kappa shape index (κ3) is 6.21. The van der Waals surface area contributed by atoms with Gasteiger partial charge in [0.1, 0.15) is 5.82 Å². The molecule has 0 spiro atoms. The largest absolute Gasteiger partial charge is 0.354 e. The fourth-order valence-corrected chi connectivity index (χ4v) is 4.42. The summed E-state index contributed by atoms with van der Waals surface area (Å²) in [4.78, 5) is 24.2. The maximum absolute atomic E-state index is 12.2. The van der Waals surface area contributed by atoms with E-state index in [1.54, 1.807) is 11.8 Å². The van der Waals surface area contributed by atoms with Crippen molar-refractivity contribution in [2.75, 3.05) is 18.0 Å². The molecule has 2 heterocycles. The molecular weight excluding hydrogens is 392 g/mol. The second-order valence-corrected chi connectivity index (χ2v) is 9.42. The van der Waals surface area contributed by atoms with Gasteiger partial charge in [0, 0.05) is 42.2 Å². The number of carbonyl (C=O) groups excluding carboxylic acids is 1. The predicted octanol–water partition coefficient (Wildman–Crippen LogP) is 5.10. The van der Waals surface area contributed by atoms with Gasteiger partial charge < -0.3 is 10.2 Å². The van der Waals surface area contributed by atoms with Crippen molar-refractivity contribution in [2.24, 2.45) is 5.92 Å². The number of nitrogens with zero attached hydrogens (tertiary/aromatic N) is 3. The summed E-state index contributed by atoms with van der Waals surface area (Å²) in [6.45, 7) is 10.4. The Labute approximate surface area is 185 Å². The molecule has 1 aromatic heterocycles. The van der Waals surface area contributed by atoms with E-state index in [2.05, 4.69) is 44.0 Å². The van der Waals surface area contributed by atoms with Crippen LogP contribution in [0.15, 0.2) is 35.5 Å². The van der Waals surface area contributed by atoms with Crippen molar-refractivity contribution in [1.29, 1.82) is 0 Å². The average molecular weight is 427 g/mol. The minimum absolute atomic E-state index is 0.0119. The number of benzene rings is 1. The van der Waals surface area contributed by atoms with Crippen LogP contribution in [0.5, 0.6) is 0 Å². The van der Waals surface area contributed by atoms with Gasteiger partial charge in [0.15, 0.2) is 5.16 Å². The molecule has 0 radical (unpaired) electrons. The quantitative estimate of drug-likeness (QED) is 0.470. The SMILES string of the molecule is CCc1cc(N2CCCCC2C)nc(SCc2ccc(C(=O)NCC(C)C)cc2)n1.